The molecule has 1 aromatic carbocycles. The minimum absolute atomic E-state index is 0.660. The van der Waals surface area contributed by atoms with E-state index in [1.807, 2.05) is 18.2 Å². The summed E-state index contributed by atoms with van der Waals surface area (Å²) < 4.78 is 5.70. The van der Waals surface area contributed by atoms with Crippen LogP contribution in [0.1, 0.15) is 32.3 Å². The second-order valence-electron chi connectivity index (χ2n) is 5.97. The van der Waals surface area contributed by atoms with Crippen LogP contribution < -0.4 is 5.32 Å². The number of nitrogens with zero attached hydrogens (tertiary/aromatic N) is 2. The molecule has 22 heavy (non-hydrogen) atoms. The van der Waals surface area contributed by atoms with Gasteiger partial charge in [0.25, 0.3) is 0 Å². The van der Waals surface area contributed by atoms with Crippen molar-refractivity contribution < 1.29 is 4.74 Å². The molecule has 1 saturated heterocycles. The topological polar surface area (TPSA) is 36.9 Å². The number of rotatable bonds is 6. The summed E-state index contributed by atoms with van der Waals surface area (Å²) >= 11 is 0. The average Bonchev–Trinajstić information content (AvgIpc) is 2.54. The average molecular weight is 303 g/mol. The maximum absolute atomic E-state index is 5.70. The normalized spacial score (nSPS) is 19.3. The first-order valence-electron chi connectivity index (χ1n) is 8.44. The lowest BCUT2D eigenvalue weighted by Crippen LogP contribution is -2.46. The first-order chi connectivity index (χ1) is 10.8. The lowest BCUT2D eigenvalue weighted by molar-refractivity contribution is 0.128. The van der Waals surface area contributed by atoms with E-state index >= 15 is 0 Å². The Balaban J connectivity index is 1.75. The van der Waals surface area contributed by atoms with Crippen molar-refractivity contribution in [2.24, 2.45) is 10.9 Å². The van der Waals surface area contributed by atoms with Gasteiger partial charge in [-0.2, -0.15) is 0 Å². The van der Waals surface area contributed by atoms with Crippen molar-refractivity contribution in [3.8, 4) is 0 Å². The van der Waals surface area contributed by atoms with Crippen molar-refractivity contribution in [2.75, 3.05) is 32.8 Å². The fourth-order valence-electron chi connectivity index (χ4n) is 2.79. The molecule has 0 amide bonds. The van der Waals surface area contributed by atoms with E-state index in [1.165, 1.54) is 18.4 Å². The van der Waals surface area contributed by atoms with Gasteiger partial charge in [-0.25, -0.2) is 0 Å². The van der Waals surface area contributed by atoms with Gasteiger partial charge < -0.3 is 15.0 Å². The van der Waals surface area contributed by atoms with Crippen molar-refractivity contribution in [3.05, 3.63) is 35.9 Å². The smallest absolute Gasteiger partial charge is 0.194 e. The molecule has 1 aromatic rings. The second-order valence-corrected chi connectivity index (χ2v) is 5.97. The molecule has 1 atom stereocenters. The van der Waals surface area contributed by atoms with E-state index in [0.717, 1.165) is 31.5 Å². The van der Waals surface area contributed by atoms with Crippen LogP contribution in [0.5, 0.6) is 0 Å². The van der Waals surface area contributed by atoms with Gasteiger partial charge in [0.2, 0.25) is 0 Å². The molecule has 1 fully saturated rings. The highest BCUT2D eigenvalue weighted by molar-refractivity contribution is 5.80. The quantitative estimate of drug-likeness (QED) is 0.499. The zero-order chi connectivity index (χ0) is 15.6. The van der Waals surface area contributed by atoms with Gasteiger partial charge in [-0.15, -0.1) is 0 Å². The molecule has 4 heteroatoms. The molecular weight excluding hydrogens is 274 g/mol. The number of aliphatic imine (C=N–C) groups is 1. The summed E-state index contributed by atoms with van der Waals surface area (Å²) in [4.78, 5) is 7.09. The van der Waals surface area contributed by atoms with Crippen molar-refractivity contribution in [1.82, 2.24) is 10.2 Å². The first-order valence-corrected chi connectivity index (χ1v) is 8.44. The van der Waals surface area contributed by atoms with Gasteiger partial charge in [-0.05, 0) is 31.2 Å². The van der Waals surface area contributed by atoms with E-state index in [4.69, 9.17) is 9.73 Å². The molecule has 4 nitrogen and oxygen atoms in total. The summed E-state index contributed by atoms with van der Waals surface area (Å²) in [6.45, 7) is 9.60. The van der Waals surface area contributed by atoms with Crippen LogP contribution >= 0.6 is 0 Å². The molecule has 0 radical (unpaired) electrons. The van der Waals surface area contributed by atoms with E-state index in [2.05, 4.69) is 36.2 Å². The number of benzene rings is 1. The van der Waals surface area contributed by atoms with Crippen LogP contribution in [0.2, 0.25) is 0 Å². The van der Waals surface area contributed by atoms with Crippen molar-refractivity contribution in [3.63, 3.8) is 0 Å². The van der Waals surface area contributed by atoms with E-state index < -0.39 is 0 Å². The number of likely N-dealkylation sites (tertiary alicyclic amines) is 1. The van der Waals surface area contributed by atoms with E-state index in [9.17, 15) is 0 Å². The third kappa shape index (κ3) is 5.68. The summed E-state index contributed by atoms with van der Waals surface area (Å²) in [6.07, 6.45) is 2.59. The number of guanidine groups is 1. The first kappa shape index (κ1) is 16.8. The minimum atomic E-state index is 0.660. The largest absolute Gasteiger partial charge is 0.375 e. The second kappa shape index (κ2) is 9.46. The maximum Gasteiger partial charge on any atom is 0.194 e. The molecule has 1 aliphatic rings. The number of hydrogen-bond acceptors (Lipinski definition) is 2. The highest BCUT2D eigenvalue weighted by Crippen LogP contribution is 2.15. The molecule has 0 bridgehead atoms. The van der Waals surface area contributed by atoms with Gasteiger partial charge in [0.05, 0.1) is 19.8 Å². The Labute approximate surface area is 134 Å². The molecular formula is C18H29N3O. The van der Waals surface area contributed by atoms with Crippen LogP contribution in [0.4, 0.5) is 0 Å². The fraction of sp³-hybridized carbons (Fsp3) is 0.611. The van der Waals surface area contributed by atoms with Crippen molar-refractivity contribution >= 4 is 5.96 Å². The van der Waals surface area contributed by atoms with Crippen LogP contribution in [0.3, 0.4) is 0 Å². The van der Waals surface area contributed by atoms with Gasteiger partial charge in [-0.1, -0.05) is 37.3 Å². The van der Waals surface area contributed by atoms with Gasteiger partial charge in [0, 0.05) is 19.6 Å². The molecule has 1 unspecified atom stereocenters. The Bertz CT molecular complexity index is 447. The molecule has 0 aromatic heterocycles. The lowest BCUT2D eigenvalue weighted by atomic mass is 10.0. The van der Waals surface area contributed by atoms with E-state index in [0.29, 0.717) is 19.8 Å². The zero-order valence-electron chi connectivity index (χ0n) is 13.9. The summed E-state index contributed by atoms with van der Waals surface area (Å²) in [5.74, 6) is 1.80. The van der Waals surface area contributed by atoms with Gasteiger partial charge >= 0.3 is 0 Å². The molecule has 0 spiro atoms. The van der Waals surface area contributed by atoms with Crippen LogP contribution in [-0.4, -0.2) is 43.6 Å². The Morgan fingerprint density at radius 1 is 1.36 bits per heavy atom. The predicted molar refractivity (Wildman–Crippen MR) is 92.0 cm³/mol. The molecule has 0 aliphatic carbocycles. The van der Waals surface area contributed by atoms with Crippen LogP contribution in [-0.2, 0) is 11.3 Å². The molecule has 122 valence electrons. The van der Waals surface area contributed by atoms with Crippen LogP contribution in [0.25, 0.3) is 0 Å². The third-order valence-corrected chi connectivity index (χ3v) is 3.90. The summed E-state index contributed by atoms with van der Waals surface area (Å²) in [6, 6.07) is 10.3. The van der Waals surface area contributed by atoms with Crippen molar-refractivity contribution in [2.45, 2.75) is 33.3 Å². The molecule has 0 saturated carbocycles. The Hall–Kier alpha value is -1.55. The fourth-order valence-corrected chi connectivity index (χ4v) is 2.79. The van der Waals surface area contributed by atoms with Crippen molar-refractivity contribution in [1.29, 1.82) is 0 Å². The lowest BCUT2D eigenvalue weighted by Gasteiger charge is -2.33. The van der Waals surface area contributed by atoms with Gasteiger partial charge in [0.1, 0.15) is 0 Å². The number of nitrogens with one attached hydrogen (secondary N) is 1. The van der Waals surface area contributed by atoms with Gasteiger partial charge in [0.15, 0.2) is 5.96 Å². The molecule has 2 rings (SSSR count). The zero-order valence-corrected chi connectivity index (χ0v) is 13.9. The van der Waals surface area contributed by atoms with E-state index in [-0.39, 0.29) is 0 Å². The van der Waals surface area contributed by atoms with Crippen LogP contribution in [0.15, 0.2) is 35.3 Å². The highest BCUT2D eigenvalue weighted by atomic mass is 16.5. The molecule has 1 heterocycles. The summed E-state index contributed by atoms with van der Waals surface area (Å²) in [5, 5.41) is 3.40. The van der Waals surface area contributed by atoms with Crippen LogP contribution in [0, 0.1) is 5.92 Å². The van der Waals surface area contributed by atoms with Gasteiger partial charge in [-0.3, -0.25) is 4.99 Å². The Morgan fingerprint density at radius 3 is 2.91 bits per heavy atom. The number of piperidine rings is 1. The minimum Gasteiger partial charge on any atom is -0.375 e. The Kier molecular flexibility index (Phi) is 7.23. The SMILES string of the molecule is CCNC(=NCCOCc1ccccc1)N1CCCC(C)C1. The van der Waals surface area contributed by atoms with E-state index in [1.54, 1.807) is 0 Å². The summed E-state index contributed by atoms with van der Waals surface area (Å²) in [7, 11) is 0. The third-order valence-electron chi connectivity index (χ3n) is 3.90. The maximum atomic E-state index is 5.70. The Morgan fingerprint density at radius 2 is 2.18 bits per heavy atom. The predicted octanol–water partition coefficient (Wildman–Crippen LogP) is 2.90. The highest BCUT2D eigenvalue weighted by Gasteiger charge is 2.18. The molecule has 1 aliphatic heterocycles. The molecule has 1 N–H and O–H groups in total. The number of ether oxygens (including phenoxy) is 1. The number of hydrogen-bond donors (Lipinski definition) is 1. The monoisotopic (exact) mass is 303 g/mol. The standard InChI is InChI=1S/C18H29N3O/c1-3-19-18(21-12-7-8-16(2)14-21)20-11-13-22-15-17-9-5-4-6-10-17/h4-6,9-10,16H,3,7-8,11-15H2,1-2H3,(H,19,20). The summed E-state index contributed by atoms with van der Waals surface area (Å²) in [5.41, 5.74) is 1.21.